The summed E-state index contributed by atoms with van der Waals surface area (Å²) in [7, 11) is 0. The summed E-state index contributed by atoms with van der Waals surface area (Å²) in [4.78, 5) is 0. The van der Waals surface area contributed by atoms with Crippen molar-refractivity contribution in [2.75, 3.05) is 13.2 Å². The van der Waals surface area contributed by atoms with Crippen LogP contribution in [0.1, 0.15) is 38.7 Å². The molecule has 2 nitrogen and oxygen atoms in total. The Balaban J connectivity index is 2.30. The molecule has 0 heterocycles. The van der Waals surface area contributed by atoms with Gasteiger partial charge < -0.3 is 10.1 Å². The molecule has 2 heteroatoms. The number of hydrogen-bond acceptors (Lipinski definition) is 2. The number of hydrogen-bond donors (Lipinski definition) is 1. The van der Waals surface area contributed by atoms with Crippen LogP contribution >= 0.6 is 0 Å². The van der Waals surface area contributed by atoms with E-state index in [1.807, 2.05) is 0 Å². The molecule has 1 N–H and O–H groups in total. The van der Waals surface area contributed by atoms with Crippen LogP contribution in [0.5, 0.6) is 5.75 Å². The Bertz CT molecular complexity index is 240. The van der Waals surface area contributed by atoms with E-state index in [4.69, 9.17) is 4.74 Å². The SMILES string of the molecule is CCCCOc1ccc(CNCCC)cc1. The maximum absolute atomic E-state index is 5.61. The Hall–Kier alpha value is -1.02. The number of rotatable bonds is 8. The van der Waals surface area contributed by atoms with Gasteiger partial charge in [0.25, 0.3) is 0 Å². The summed E-state index contributed by atoms with van der Waals surface area (Å²) in [5.41, 5.74) is 1.32. The molecule has 0 saturated carbocycles. The van der Waals surface area contributed by atoms with Gasteiger partial charge in [0.05, 0.1) is 6.61 Å². The molecule has 16 heavy (non-hydrogen) atoms. The van der Waals surface area contributed by atoms with E-state index in [0.29, 0.717) is 0 Å². The van der Waals surface area contributed by atoms with Crippen molar-refractivity contribution in [3.05, 3.63) is 29.8 Å². The fraction of sp³-hybridized carbons (Fsp3) is 0.571. The van der Waals surface area contributed by atoms with Crippen LogP contribution in [0.3, 0.4) is 0 Å². The lowest BCUT2D eigenvalue weighted by molar-refractivity contribution is 0.309. The van der Waals surface area contributed by atoms with Crippen LogP contribution < -0.4 is 10.1 Å². The molecular formula is C14H23NO. The highest BCUT2D eigenvalue weighted by molar-refractivity contribution is 5.27. The number of ether oxygens (including phenoxy) is 1. The largest absolute Gasteiger partial charge is 0.494 e. The smallest absolute Gasteiger partial charge is 0.119 e. The molecule has 1 aromatic carbocycles. The van der Waals surface area contributed by atoms with E-state index in [9.17, 15) is 0 Å². The minimum absolute atomic E-state index is 0.823. The molecule has 0 aliphatic carbocycles. The topological polar surface area (TPSA) is 21.3 Å². The first-order valence-electron chi connectivity index (χ1n) is 6.29. The van der Waals surface area contributed by atoms with Gasteiger partial charge >= 0.3 is 0 Å². The van der Waals surface area contributed by atoms with Crippen molar-refractivity contribution in [1.29, 1.82) is 0 Å². The van der Waals surface area contributed by atoms with E-state index in [1.54, 1.807) is 0 Å². The van der Waals surface area contributed by atoms with Crippen LogP contribution in [0.25, 0.3) is 0 Å². The van der Waals surface area contributed by atoms with Crippen molar-refractivity contribution in [3.8, 4) is 5.75 Å². The summed E-state index contributed by atoms with van der Waals surface area (Å²) in [5, 5.41) is 3.38. The molecule has 1 aromatic rings. The van der Waals surface area contributed by atoms with E-state index < -0.39 is 0 Å². The van der Waals surface area contributed by atoms with Crippen molar-refractivity contribution in [2.45, 2.75) is 39.7 Å². The second kappa shape index (κ2) is 8.17. The van der Waals surface area contributed by atoms with Crippen molar-refractivity contribution in [2.24, 2.45) is 0 Å². The third-order valence-corrected chi connectivity index (χ3v) is 2.45. The summed E-state index contributed by atoms with van der Waals surface area (Å²) < 4.78 is 5.61. The number of benzene rings is 1. The fourth-order valence-corrected chi connectivity index (χ4v) is 1.45. The van der Waals surface area contributed by atoms with Gasteiger partial charge in [0.2, 0.25) is 0 Å². The molecule has 0 bridgehead atoms. The molecule has 0 radical (unpaired) electrons. The van der Waals surface area contributed by atoms with Crippen molar-refractivity contribution >= 4 is 0 Å². The Kier molecular flexibility index (Phi) is 6.66. The van der Waals surface area contributed by atoms with Crippen molar-refractivity contribution in [3.63, 3.8) is 0 Å². The second-order valence-electron chi connectivity index (χ2n) is 4.02. The summed E-state index contributed by atoms with van der Waals surface area (Å²) in [6.07, 6.45) is 3.48. The quantitative estimate of drug-likeness (QED) is 0.680. The Morgan fingerprint density at radius 2 is 1.81 bits per heavy atom. The van der Waals surface area contributed by atoms with E-state index in [2.05, 4.69) is 43.4 Å². The number of unbranched alkanes of at least 4 members (excludes halogenated alkanes) is 1. The molecule has 0 aliphatic rings. The van der Waals surface area contributed by atoms with Gasteiger partial charge in [-0.1, -0.05) is 32.4 Å². The Morgan fingerprint density at radius 1 is 1.06 bits per heavy atom. The standard InChI is InChI=1S/C14H23NO/c1-3-5-11-16-14-8-6-13(7-9-14)12-15-10-4-2/h6-9,15H,3-5,10-12H2,1-2H3. The first-order valence-corrected chi connectivity index (χ1v) is 6.29. The third kappa shape index (κ3) is 5.17. The highest BCUT2D eigenvalue weighted by Crippen LogP contribution is 2.12. The van der Waals surface area contributed by atoms with Gasteiger partial charge in [-0.3, -0.25) is 0 Å². The van der Waals surface area contributed by atoms with E-state index in [-0.39, 0.29) is 0 Å². The van der Waals surface area contributed by atoms with Gasteiger partial charge in [-0.05, 0) is 37.1 Å². The first kappa shape index (κ1) is 13.0. The Labute approximate surface area is 99.0 Å². The average molecular weight is 221 g/mol. The Morgan fingerprint density at radius 3 is 2.44 bits per heavy atom. The van der Waals surface area contributed by atoms with Gasteiger partial charge in [0.1, 0.15) is 5.75 Å². The molecule has 90 valence electrons. The summed E-state index contributed by atoms with van der Waals surface area (Å²) in [5.74, 6) is 0.979. The van der Waals surface area contributed by atoms with E-state index >= 15 is 0 Å². The molecule has 0 fully saturated rings. The molecule has 0 amide bonds. The summed E-state index contributed by atoms with van der Waals surface area (Å²) in [6.45, 7) is 7.20. The molecule has 0 spiro atoms. The van der Waals surface area contributed by atoms with Crippen molar-refractivity contribution < 1.29 is 4.74 Å². The van der Waals surface area contributed by atoms with Gasteiger partial charge in [-0.2, -0.15) is 0 Å². The monoisotopic (exact) mass is 221 g/mol. The summed E-state index contributed by atoms with van der Waals surface area (Å²) in [6, 6.07) is 8.37. The van der Waals surface area contributed by atoms with Crippen LogP contribution in [-0.4, -0.2) is 13.2 Å². The summed E-state index contributed by atoms with van der Waals surface area (Å²) >= 11 is 0. The predicted molar refractivity (Wildman–Crippen MR) is 68.8 cm³/mol. The highest BCUT2D eigenvalue weighted by atomic mass is 16.5. The van der Waals surface area contributed by atoms with Crippen molar-refractivity contribution in [1.82, 2.24) is 5.32 Å². The predicted octanol–water partition coefficient (Wildman–Crippen LogP) is 3.37. The molecule has 0 aromatic heterocycles. The van der Waals surface area contributed by atoms with Crippen LogP contribution in [0.4, 0.5) is 0 Å². The lowest BCUT2D eigenvalue weighted by Crippen LogP contribution is -2.13. The second-order valence-corrected chi connectivity index (χ2v) is 4.02. The molecule has 0 aliphatic heterocycles. The number of nitrogens with one attached hydrogen (secondary N) is 1. The molecule has 1 rings (SSSR count). The lowest BCUT2D eigenvalue weighted by atomic mass is 10.2. The molecule has 0 unspecified atom stereocenters. The highest BCUT2D eigenvalue weighted by Gasteiger charge is 1.95. The zero-order valence-electron chi connectivity index (χ0n) is 10.5. The maximum Gasteiger partial charge on any atom is 0.119 e. The van der Waals surface area contributed by atoms with E-state index in [1.165, 1.54) is 18.4 Å². The van der Waals surface area contributed by atoms with E-state index in [0.717, 1.165) is 31.9 Å². The fourth-order valence-electron chi connectivity index (χ4n) is 1.45. The van der Waals surface area contributed by atoms with Gasteiger partial charge in [0.15, 0.2) is 0 Å². The zero-order chi connectivity index (χ0) is 11.6. The van der Waals surface area contributed by atoms with Gasteiger partial charge in [-0.25, -0.2) is 0 Å². The minimum atomic E-state index is 0.823. The zero-order valence-corrected chi connectivity index (χ0v) is 10.5. The van der Waals surface area contributed by atoms with Gasteiger partial charge in [-0.15, -0.1) is 0 Å². The third-order valence-electron chi connectivity index (χ3n) is 2.45. The van der Waals surface area contributed by atoms with Gasteiger partial charge in [0, 0.05) is 6.54 Å². The lowest BCUT2D eigenvalue weighted by Gasteiger charge is -2.07. The first-order chi connectivity index (χ1) is 7.86. The average Bonchev–Trinajstić information content (AvgIpc) is 2.32. The normalized spacial score (nSPS) is 10.4. The molecule has 0 atom stereocenters. The minimum Gasteiger partial charge on any atom is -0.494 e. The van der Waals surface area contributed by atoms with Crippen LogP contribution in [0.15, 0.2) is 24.3 Å². The maximum atomic E-state index is 5.61. The van der Waals surface area contributed by atoms with Crippen LogP contribution in [-0.2, 0) is 6.54 Å². The molecule has 0 saturated heterocycles. The van der Waals surface area contributed by atoms with Crippen LogP contribution in [0.2, 0.25) is 0 Å². The molecular weight excluding hydrogens is 198 g/mol. The van der Waals surface area contributed by atoms with Crippen LogP contribution in [0, 0.1) is 0 Å².